The minimum absolute atomic E-state index is 0.00150. The molecule has 41 heavy (non-hydrogen) atoms. The Hall–Kier alpha value is -2.88. The van der Waals surface area contributed by atoms with Gasteiger partial charge < -0.3 is 20.9 Å². The highest BCUT2D eigenvalue weighted by Crippen LogP contribution is 2.40. The second-order valence-electron chi connectivity index (χ2n) is 13.9. The summed E-state index contributed by atoms with van der Waals surface area (Å²) in [5, 5.41) is 22.2. The fraction of sp³-hybridized carbons (Fsp3) is 0.625. The van der Waals surface area contributed by atoms with Crippen LogP contribution in [-0.4, -0.2) is 82.7 Å². The monoisotopic (exact) mass is 560 g/mol. The van der Waals surface area contributed by atoms with Crippen molar-refractivity contribution in [2.45, 2.75) is 109 Å². The number of hydrogen-bond donors (Lipinski definition) is 4. The molecule has 0 unspecified atom stereocenters. The zero-order valence-electron chi connectivity index (χ0n) is 25.1. The Bertz CT molecular complexity index is 1440. The van der Waals surface area contributed by atoms with Crippen LogP contribution in [0.3, 0.4) is 0 Å². The molecule has 4 atom stereocenters. The zero-order valence-corrected chi connectivity index (χ0v) is 25.1. The summed E-state index contributed by atoms with van der Waals surface area (Å²) < 4.78 is 2.02. The summed E-state index contributed by atoms with van der Waals surface area (Å²) in [4.78, 5) is 19.5. The number of aliphatic hydroxyl groups excluding tert-OH is 2. The fourth-order valence-corrected chi connectivity index (χ4v) is 7.21. The molecule has 1 aliphatic heterocycles. The lowest BCUT2D eigenvalue weighted by molar-refractivity contribution is -0.493. The van der Waals surface area contributed by atoms with Crippen molar-refractivity contribution in [2.24, 2.45) is 11.8 Å². The molecule has 2 aromatic heterocycles. The second kappa shape index (κ2) is 10.7. The molecular formula is C32H46N7O2+. The van der Waals surface area contributed by atoms with Gasteiger partial charge in [-0.2, -0.15) is 4.98 Å². The Morgan fingerprint density at radius 3 is 2.63 bits per heavy atom. The zero-order chi connectivity index (χ0) is 29.1. The van der Waals surface area contributed by atoms with Crippen molar-refractivity contribution in [3.63, 3.8) is 0 Å². The van der Waals surface area contributed by atoms with E-state index in [0.29, 0.717) is 36.7 Å². The van der Waals surface area contributed by atoms with E-state index >= 15 is 0 Å². The normalized spacial score (nSPS) is 28.0. The number of imidazole rings is 1. The van der Waals surface area contributed by atoms with Crippen molar-refractivity contribution in [2.75, 3.05) is 12.3 Å². The number of nitrogens with two attached hydrogens (primary N) is 1. The van der Waals surface area contributed by atoms with E-state index in [-0.39, 0.29) is 17.4 Å². The molecule has 6 rings (SSSR count). The third-order valence-electron chi connectivity index (χ3n) is 9.80. The largest absolute Gasteiger partial charge is 0.390 e. The molecule has 3 aliphatic rings. The van der Waals surface area contributed by atoms with Crippen molar-refractivity contribution >= 4 is 28.9 Å². The highest BCUT2D eigenvalue weighted by molar-refractivity contribution is 5.76. The maximum absolute atomic E-state index is 11.1. The third-order valence-corrected chi connectivity index (χ3v) is 9.80. The SMILES string of the molecule is CC(C)N(C[C@H]1C[C@@H]([N+]2=CCc3c(N)ncnc32)[C@H](O)[C@@H]1O)C1CC(CCc2nc3ccc(C(C)(C)C)cc3[nH]2)C1. The number of rotatable bonds is 8. The van der Waals surface area contributed by atoms with Gasteiger partial charge in [0.1, 0.15) is 23.8 Å². The molecule has 2 saturated carbocycles. The van der Waals surface area contributed by atoms with Crippen LogP contribution in [-0.2, 0) is 18.3 Å². The lowest BCUT2D eigenvalue weighted by atomic mass is 9.76. The molecule has 3 aromatic rings. The van der Waals surface area contributed by atoms with Crippen LogP contribution in [0, 0.1) is 11.8 Å². The molecule has 0 bridgehead atoms. The molecule has 2 fully saturated rings. The average molecular weight is 561 g/mol. The molecule has 9 nitrogen and oxygen atoms in total. The first-order chi connectivity index (χ1) is 19.5. The molecule has 9 heteroatoms. The first-order valence-electron chi connectivity index (χ1n) is 15.3. The van der Waals surface area contributed by atoms with Gasteiger partial charge in [-0.25, -0.2) is 9.56 Å². The van der Waals surface area contributed by atoms with E-state index in [4.69, 9.17) is 10.7 Å². The summed E-state index contributed by atoms with van der Waals surface area (Å²) in [5.74, 6) is 3.01. The maximum atomic E-state index is 11.1. The van der Waals surface area contributed by atoms with Crippen LogP contribution in [0.2, 0.25) is 0 Å². The van der Waals surface area contributed by atoms with E-state index in [0.717, 1.165) is 47.6 Å². The Morgan fingerprint density at radius 2 is 1.90 bits per heavy atom. The summed E-state index contributed by atoms with van der Waals surface area (Å²) >= 11 is 0. The van der Waals surface area contributed by atoms with Crippen LogP contribution in [0.1, 0.15) is 77.3 Å². The Kier molecular flexibility index (Phi) is 7.41. The lowest BCUT2D eigenvalue weighted by Crippen LogP contribution is -2.51. The highest BCUT2D eigenvalue weighted by atomic mass is 16.3. The van der Waals surface area contributed by atoms with E-state index in [9.17, 15) is 10.2 Å². The topological polar surface area (TPSA) is 127 Å². The van der Waals surface area contributed by atoms with Gasteiger partial charge in [-0.3, -0.25) is 4.90 Å². The number of anilines is 1. The molecule has 0 amide bonds. The highest BCUT2D eigenvalue weighted by Gasteiger charge is 2.49. The molecule has 0 radical (unpaired) electrons. The molecule has 0 spiro atoms. The van der Waals surface area contributed by atoms with Crippen LogP contribution in [0.15, 0.2) is 24.5 Å². The minimum Gasteiger partial charge on any atom is -0.390 e. The number of aliphatic hydroxyl groups is 2. The van der Waals surface area contributed by atoms with E-state index < -0.39 is 12.2 Å². The molecule has 3 heterocycles. The molecule has 2 aliphatic carbocycles. The number of hydrogen-bond acceptors (Lipinski definition) is 7. The first-order valence-corrected chi connectivity index (χ1v) is 15.3. The number of nitrogens with zero attached hydrogens (tertiary/aromatic N) is 5. The third kappa shape index (κ3) is 5.40. The van der Waals surface area contributed by atoms with Crippen molar-refractivity contribution in [1.82, 2.24) is 24.8 Å². The number of fused-ring (bicyclic) bond motifs is 2. The van der Waals surface area contributed by atoms with Crippen LogP contribution < -0.4 is 5.73 Å². The van der Waals surface area contributed by atoms with Gasteiger partial charge in [0.25, 0.3) is 0 Å². The Balaban J connectivity index is 1.04. The van der Waals surface area contributed by atoms with Crippen LogP contribution in [0.4, 0.5) is 11.6 Å². The Morgan fingerprint density at radius 1 is 1.12 bits per heavy atom. The van der Waals surface area contributed by atoms with E-state index in [1.807, 2.05) is 10.8 Å². The van der Waals surface area contributed by atoms with Gasteiger partial charge in [0.05, 0.1) is 28.9 Å². The molecule has 1 aromatic carbocycles. The summed E-state index contributed by atoms with van der Waals surface area (Å²) in [6, 6.07) is 7.26. The number of H-pyrrole nitrogens is 1. The molecule has 0 saturated heterocycles. The van der Waals surface area contributed by atoms with Crippen molar-refractivity contribution in [1.29, 1.82) is 0 Å². The van der Waals surface area contributed by atoms with Gasteiger partial charge in [0.2, 0.25) is 6.33 Å². The second-order valence-corrected chi connectivity index (χ2v) is 13.9. The van der Waals surface area contributed by atoms with Gasteiger partial charge in [0.15, 0.2) is 0 Å². The summed E-state index contributed by atoms with van der Waals surface area (Å²) in [5.41, 5.74) is 10.6. The fourth-order valence-electron chi connectivity index (χ4n) is 7.21. The quantitative estimate of drug-likeness (QED) is 0.309. The number of aryl methyl sites for hydroxylation is 1. The van der Waals surface area contributed by atoms with E-state index in [1.54, 1.807) is 0 Å². The van der Waals surface area contributed by atoms with Crippen molar-refractivity contribution in [3.8, 4) is 0 Å². The maximum Gasteiger partial charge on any atom is 0.332 e. The van der Waals surface area contributed by atoms with Gasteiger partial charge >= 0.3 is 5.82 Å². The summed E-state index contributed by atoms with van der Waals surface area (Å²) in [6.07, 6.45) is 7.72. The van der Waals surface area contributed by atoms with Gasteiger partial charge in [-0.15, -0.1) is 0 Å². The smallest absolute Gasteiger partial charge is 0.332 e. The predicted molar refractivity (Wildman–Crippen MR) is 162 cm³/mol. The molecule has 5 N–H and O–H groups in total. The Labute approximate surface area is 242 Å². The van der Waals surface area contributed by atoms with Crippen LogP contribution >= 0.6 is 0 Å². The van der Waals surface area contributed by atoms with Gasteiger partial charge in [0, 0.05) is 37.4 Å². The van der Waals surface area contributed by atoms with E-state index in [2.05, 4.69) is 72.7 Å². The lowest BCUT2D eigenvalue weighted by Gasteiger charge is -2.46. The molecule has 220 valence electrons. The van der Waals surface area contributed by atoms with Gasteiger partial charge in [-0.1, -0.05) is 26.8 Å². The average Bonchev–Trinajstić information content (AvgIpc) is 3.58. The number of aromatic amines is 1. The summed E-state index contributed by atoms with van der Waals surface area (Å²) in [7, 11) is 0. The van der Waals surface area contributed by atoms with E-state index in [1.165, 1.54) is 24.7 Å². The first kappa shape index (κ1) is 28.2. The standard InChI is InChI=1S/C32H46N7O2/c1-18(2)39(16-20-14-26(29(41)28(20)40)38-11-10-23-30(33)34-17-35-31(23)38)22-12-19(13-22)6-9-27-36-24-8-7-21(32(3,4)5)15-25(24)37-27/h7-8,11,15,17-20,22,26,28-29,40-41H,6,9-10,12-14,16H2,1-5H3,(H,36,37)(H2,33,34,35)/q+1/t19?,20-,22?,26-,28-,29+/m1/s1. The molecular weight excluding hydrogens is 514 g/mol. The van der Waals surface area contributed by atoms with Crippen molar-refractivity contribution in [3.05, 3.63) is 41.5 Å². The van der Waals surface area contributed by atoms with Crippen LogP contribution in [0.5, 0.6) is 0 Å². The predicted octanol–water partition coefficient (Wildman–Crippen LogP) is 3.74. The number of aromatic nitrogens is 4. The number of nitrogens with one attached hydrogen (secondary N) is 1. The number of benzene rings is 1. The van der Waals surface area contributed by atoms with Gasteiger partial charge in [-0.05, 0) is 73.5 Å². The van der Waals surface area contributed by atoms with Crippen LogP contribution in [0.25, 0.3) is 11.0 Å². The van der Waals surface area contributed by atoms with Crippen molar-refractivity contribution < 1.29 is 14.8 Å². The number of nitrogen functional groups attached to an aromatic ring is 1. The minimum atomic E-state index is -0.829. The summed E-state index contributed by atoms with van der Waals surface area (Å²) in [6.45, 7) is 12.0.